The number of aromatic nitrogens is 3. The van der Waals surface area contributed by atoms with Crippen molar-refractivity contribution in [2.45, 2.75) is 70.5 Å². The van der Waals surface area contributed by atoms with Crippen LogP contribution in [0, 0.1) is 0 Å². The summed E-state index contributed by atoms with van der Waals surface area (Å²) in [4.78, 5) is 9.55. The Balaban J connectivity index is 1.26. The van der Waals surface area contributed by atoms with Crippen LogP contribution in [0.25, 0.3) is 0 Å². The van der Waals surface area contributed by atoms with Crippen LogP contribution in [0.2, 0.25) is 0 Å². The van der Waals surface area contributed by atoms with Crippen molar-refractivity contribution in [2.75, 3.05) is 6.54 Å². The predicted octanol–water partition coefficient (Wildman–Crippen LogP) is 3.08. The molecule has 0 bridgehead atoms. The zero-order valence-corrected chi connectivity index (χ0v) is 18.8. The highest BCUT2D eigenvalue weighted by atomic mass is 16.3. The smallest absolute Gasteiger partial charge is 0.191 e. The van der Waals surface area contributed by atoms with E-state index in [1.807, 2.05) is 12.1 Å². The third-order valence-corrected chi connectivity index (χ3v) is 6.45. The average Bonchev–Trinajstić information content (AvgIpc) is 3.48. The maximum Gasteiger partial charge on any atom is 0.191 e. The average molecular weight is 433 g/mol. The molecule has 0 amide bonds. The quantitative estimate of drug-likeness (QED) is 0.462. The number of furan rings is 1. The van der Waals surface area contributed by atoms with Crippen molar-refractivity contribution in [1.82, 2.24) is 25.4 Å². The fraction of sp³-hybridized carbons (Fsp3) is 0.480. The Morgan fingerprint density at radius 2 is 1.94 bits per heavy atom. The van der Waals surface area contributed by atoms with Gasteiger partial charge in [-0.25, -0.2) is 9.67 Å². The molecule has 1 aliphatic heterocycles. The number of hydrogen-bond acceptors (Lipinski definition) is 4. The van der Waals surface area contributed by atoms with Gasteiger partial charge in [0.15, 0.2) is 11.8 Å². The van der Waals surface area contributed by atoms with Gasteiger partial charge in [0.1, 0.15) is 11.6 Å². The van der Waals surface area contributed by atoms with Crippen LogP contribution in [0.3, 0.4) is 0 Å². The highest BCUT2D eigenvalue weighted by Gasteiger charge is 2.24. The fourth-order valence-electron chi connectivity index (χ4n) is 4.70. The van der Waals surface area contributed by atoms with E-state index in [2.05, 4.69) is 56.6 Å². The number of hydrogen-bond donors (Lipinski definition) is 2. The normalized spacial score (nSPS) is 20.5. The molecule has 5 rings (SSSR count). The van der Waals surface area contributed by atoms with Crippen LogP contribution < -0.4 is 10.6 Å². The van der Waals surface area contributed by atoms with Gasteiger partial charge in [-0.3, -0.25) is 4.99 Å². The molecule has 2 aromatic heterocycles. The zero-order chi connectivity index (χ0) is 21.8. The van der Waals surface area contributed by atoms with Crippen molar-refractivity contribution in [2.24, 2.45) is 4.99 Å². The van der Waals surface area contributed by atoms with E-state index in [4.69, 9.17) is 9.41 Å². The molecule has 0 saturated carbocycles. The van der Waals surface area contributed by atoms with Gasteiger partial charge in [-0.1, -0.05) is 31.2 Å². The van der Waals surface area contributed by atoms with E-state index in [0.717, 1.165) is 74.9 Å². The first kappa shape index (κ1) is 20.8. The number of fused-ring (bicyclic) bond motifs is 2. The van der Waals surface area contributed by atoms with E-state index in [1.165, 1.54) is 11.1 Å². The minimum absolute atomic E-state index is 0.291. The molecule has 32 heavy (non-hydrogen) atoms. The monoisotopic (exact) mass is 432 g/mol. The van der Waals surface area contributed by atoms with E-state index >= 15 is 0 Å². The van der Waals surface area contributed by atoms with Crippen molar-refractivity contribution in [3.63, 3.8) is 0 Å². The van der Waals surface area contributed by atoms with Gasteiger partial charge in [0.25, 0.3) is 0 Å². The second-order valence-corrected chi connectivity index (χ2v) is 8.77. The Labute approximate surface area is 189 Å². The Bertz CT molecular complexity index is 1050. The topological polar surface area (TPSA) is 80.3 Å². The number of nitrogens with one attached hydrogen (secondary N) is 2. The molecule has 3 aromatic rings. The lowest BCUT2D eigenvalue weighted by molar-refractivity contribution is 0.388. The maximum atomic E-state index is 5.48. The number of nitrogens with zero attached hydrogens (tertiary/aromatic N) is 4. The molecule has 0 fully saturated rings. The fourth-order valence-corrected chi connectivity index (χ4v) is 4.70. The molecule has 0 radical (unpaired) electrons. The van der Waals surface area contributed by atoms with Crippen LogP contribution in [0.4, 0.5) is 0 Å². The van der Waals surface area contributed by atoms with Crippen molar-refractivity contribution in [3.05, 3.63) is 71.2 Å². The molecule has 1 aliphatic carbocycles. The predicted molar refractivity (Wildman–Crippen MR) is 125 cm³/mol. The minimum Gasteiger partial charge on any atom is -0.469 e. The Kier molecular flexibility index (Phi) is 6.23. The van der Waals surface area contributed by atoms with E-state index in [9.17, 15) is 0 Å². The summed E-state index contributed by atoms with van der Waals surface area (Å²) in [5.41, 5.74) is 2.93. The Morgan fingerprint density at radius 1 is 1.09 bits per heavy atom. The molecule has 2 aliphatic rings. The lowest BCUT2D eigenvalue weighted by atomic mass is 9.88. The second-order valence-electron chi connectivity index (χ2n) is 8.77. The molecule has 7 nitrogen and oxygen atoms in total. The molecule has 0 saturated heterocycles. The summed E-state index contributed by atoms with van der Waals surface area (Å²) in [5.74, 6) is 3.90. The van der Waals surface area contributed by atoms with Crippen LogP contribution in [0.5, 0.6) is 0 Å². The third kappa shape index (κ3) is 4.87. The standard InChI is InChI=1S/C25H32N6O/c1-2-23-29-24-12-11-21(17-31(24)30-23)28-25(26-14-13-22-8-5-15-32-22)27-20-10-9-18-6-3-4-7-19(18)16-20/h3-8,15,20-21H,2,9-14,16-17H2,1H3,(H2,26,27,28). The van der Waals surface area contributed by atoms with Gasteiger partial charge in [0.2, 0.25) is 0 Å². The molecule has 1 aromatic carbocycles. The third-order valence-electron chi connectivity index (χ3n) is 6.45. The Morgan fingerprint density at radius 3 is 2.78 bits per heavy atom. The summed E-state index contributed by atoms with van der Waals surface area (Å²) >= 11 is 0. The van der Waals surface area contributed by atoms with Crippen LogP contribution in [0.15, 0.2) is 52.1 Å². The Hall–Kier alpha value is -3.09. The van der Waals surface area contributed by atoms with Gasteiger partial charge < -0.3 is 15.1 Å². The van der Waals surface area contributed by atoms with Crippen molar-refractivity contribution < 1.29 is 4.42 Å². The van der Waals surface area contributed by atoms with Crippen LogP contribution in [-0.4, -0.2) is 39.4 Å². The number of aryl methyl sites for hydroxylation is 3. The minimum atomic E-state index is 0.291. The maximum absolute atomic E-state index is 5.48. The molecular weight excluding hydrogens is 400 g/mol. The molecular formula is C25H32N6O. The molecule has 2 atom stereocenters. The van der Waals surface area contributed by atoms with Crippen LogP contribution >= 0.6 is 0 Å². The number of guanidine groups is 1. The van der Waals surface area contributed by atoms with Gasteiger partial charge in [-0.2, -0.15) is 5.10 Å². The molecule has 2 N–H and O–H groups in total. The second kappa shape index (κ2) is 9.59. The van der Waals surface area contributed by atoms with Crippen LogP contribution in [-0.2, 0) is 38.6 Å². The molecule has 3 heterocycles. The van der Waals surface area contributed by atoms with Gasteiger partial charge >= 0.3 is 0 Å². The largest absolute Gasteiger partial charge is 0.469 e. The molecule has 0 spiro atoms. The van der Waals surface area contributed by atoms with E-state index in [-0.39, 0.29) is 0 Å². The first-order valence-electron chi connectivity index (χ1n) is 11.9. The van der Waals surface area contributed by atoms with E-state index in [0.29, 0.717) is 18.6 Å². The highest BCUT2D eigenvalue weighted by Crippen LogP contribution is 2.21. The van der Waals surface area contributed by atoms with Crippen molar-refractivity contribution in [1.29, 1.82) is 0 Å². The van der Waals surface area contributed by atoms with Crippen molar-refractivity contribution >= 4 is 5.96 Å². The molecule has 168 valence electrons. The van der Waals surface area contributed by atoms with Gasteiger partial charge in [0, 0.05) is 37.9 Å². The van der Waals surface area contributed by atoms with Gasteiger partial charge in [-0.15, -0.1) is 0 Å². The van der Waals surface area contributed by atoms with E-state index in [1.54, 1.807) is 6.26 Å². The molecule has 2 unspecified atom stereocenters. The zero-order valence-electron chi connectivity index (χ0n) is 18.8. The van der Waals surface area contributed by atoms with E-state index < -0.39 is 0 Å². The number of benzene rings is 1. The van der Waals surface area contributed by atoms with Gasteiger partial charge in [-0.05, 0) is 48.9 Å². The van der Waals surface area contributed by atoms with Crippen molar-refractivity contribution in [3.8, 4) is 0 Å². The number of rotatable bonds is 6. The molecule has 7 heteroatoms. The first-order valence-corrected chi connectivity index (χ1v) is 11.9. The SMILES string of the molecule is CCc1nc2n(n1)CC(NC(=NCCc1ccco1)NC1CCc3ccccc3C1)CC2. The summed E-state index contributed by atoms with van der Waals surface area (Å²) in [7, 11) is 0. The summed E-state index contributed by atoms with van der Waals surface area (Å²) in [6.07, 6.45) is 8.64. The lowest BCUT2D eigenvalue weighted by Crippen LogP contribution is -2.51. The lowest BCUT2D eigenvalue weighted by Gasteiger charge is -2.30. The summed E-state index contributed by atoms with van der Waals surface area (Å²) in [6.45, 7) is 3.62. The summed E-state index contributed by atoms with van der Waals surface area (Å²) in [6, 6.07) is 13.4. The summed E-state index contributed by atoms with van der Waals surface area (Å²) < 4.78 is 7.54. The number of aliphatic imine (C=N–C) groups is 1. The highest BCUT2D eigenvalue weighted by molar-refractivity contribution is 5.80. The van der Waals surface area contributed by atoms with Gasteiger partial charge in [0.05, 0.1) is 12.8 Å². The van der Waals surface area contributed by atoms with Crippen LogP contribution in [0.1, 0.15) is 48.3 Å². The summed E-state index contributed by atoms with van der Waals surface area (Å²) in [5, 5.41) is 12.1. The first-order chi connectivity index (χ1) is 15.8.